The van der Waals surface area contributed by atoms with Gasteiger partial charge in [0.25, 0.3) is 5.91 Å². The number of carbonyl (C=O) groups excluding carboxylic acids is 2. The maximum Gasteiger partial charge on any atom is 0.379 e. The number of hydrogen-bond donors (Lipinski definition) is 2. The van der Waals surface area contributed by atoms with Crippen LogP contribution in [0.4, 0.5) is 33.6 Å². The summed E-state index contributed by atoms with van der Waals surface area (Å²) in [6.45, 7) is 5.29. The summed E-state index contributed by atoms with van der Waals surface area (Å²) >= 11 is 0. The number of amides is 2. The molecule has 0 bridgehead atoms. The van der Waals surface area contributed by atoms with Crippen LogP contribution in [0.3, 0.4) is 0 Å². The van der Waals surface area contributed by atoms with Crippen LogP contribution in [0.15, 0.2) is 24.4 Å². The third kappa shape index (κ3) is 12.1. The quantitative estimate of drug-likeness (QED) is 0.359. The van der Waals surface area contributed by atoms with E-state index in [0.717, 1.165) is 36.8 Å². The van der Waals surface area contributed by atoms with E-state index in [9.17, 15) is 31.5 Å². The van der Waals surface area contributed by atoms with Gasteiger partial charge in [0.1, 0.15) is 17.3 Å². The Bertz CT molecular complexity index is 915. The van der Waals surface area contributed by atoms with E-state index < -0.39 is 18.3 Å². The van der Waals surface area contributed by atoms with Crippen LogP contribution >= 0.6 is 0 Å². The molecule has 0 aliphatic rings. The molecule has 35 heavy (non-hydrogen) atoms. The van der Waals surface area contributed by atoms with Crippen LogP contribution in [-0.4, -0.2) is 48.6 Å². The van der Waals surface area contributed by atoms with Crippen molar-refractivity contribution in [1.82, 2.24) is 15.3 Å². The van der Waals surface area contributed by atoms with E-state index in [2.05, 4.69) is 41.1 Å². The largest absolute Gasteiger partial charge is 0.379 e. The molecule has 1 atom stereocenters. The average Bonchev–Trinajstić information content (AvgIpc) is 2.79. The highest BCUT2D eigenvalue weighted by molar-refractivity contribution is 5.92. The van der Waals surface area contributed by atoms with E-state index in [1.54, 1.807) is 6.07 Å². The Morgan fingerprint density at radius 1 is 1.17 bits per heavy atom. The minimum absolute atomic E-state index is 0.106. The summed E-state index contributed by atoms with van der Waals surface area (Å²) < 4.78 is 53.7. The fourth-order valence-electron chi connectivity index (χ4n) is 3.01. The Morgan fingerprint density at radius 3 is 2.29 bits per heavy atom. The summed E-state index contributed by atoms with van der Waals surface area (Å²) in [5.41, 5.74) is 1.60. The number of anilines is 2. The van der Waals surface area contributed by atoms with Crippen molar-refractivity contribution in [2.24, 2.45) is 0 Å². The van der Waals surface area contributed by atoms with Gasteiger partial charge >= 0.3 is 6.68 Å². The van der Waals surface area contributed by atoms with Gasteiger partial charge in [-0.1, -0.05) is 26.3 Å². The maximum atomic E-state index is 12.5. The molecule has 12 heteroatoms. The van der Waals surface area contributed by atoms with Crippen LogP contribution in [0.5, 0.6) is 0 Å². The molecule has 0 saturated carbocycles. The number of pyridine rings is 2. The molecule has 2 amide bonds. The number of carbonyl (C=O) groups is 2. The molecule has 2 aromatic rings. The third-order valence-electron chi connectivity index (χ3n) is 4.62. The molecular weight excluding hydrogens is 473 g/mol. The highest BCUT2D eigenvalue weighted by atomic mass is 19.4. The van der Waals surface area contributed by atoms with E-state index in [0.29, 0.717) is 24.3 Å². The third-order valence-corrected chi connectivity index (χ3v) is 4.62. The Kier molecular flexibility index (Phi) is 15.5. The van der Waals surface area contributed by atoms with Gasteiger partial charge in [-0.15, -0.1) is 0 Å². The lowest BCUT2D eigenvalue weighted by atomic mass is 10.1. The van der Waals surface area contributed by atoms with E-state index in [4.69, 9.17) is 0 Å². The second-order valence-electron chi connectivity index (χ2n) is 7.15. The number of hydrogen-bond acceptors (Lipinski definition) is 5. The number of nitrogens with one attached hydrogen (secondary N) is 2. The second-order valence-corrected chi connectivity index (χ2v) is 7.15. The van der Waals surface area contributed by atoms with Gasteiger partial charge in [-0.05, 0) is 38.3 Å². The fourth-order valence-corrected chi connectivity index (χ4v) is 3.01. The summed E-state index contributed by atoms with van der Waals surface area (Å²) in [4.78, 5) is 31.7. The molecule has 0 spiro atoms. The first-order valence-electron chi connectivity index (χ1n) is 10.9. The number of aromatic nitrogens is 2. The molecule has 196 valence electrons. The number of alkyl halides is 3. The highest BCUT2D eigenvalue weighted by Crippen LogP contribution is 2.22. The zero-order valence-corrected chi connectivity index (χ0v) is 20.4. The van der Waals surface area contributed by atoms with Gasteiger partial charge in [0.15, 0.2) is 11.6 Å². The number of nitrogens with zero attached hydrogens (tertiary/aromatic N) is 3. The smallest absolute Gasteiger partial charge is 0.356 e. The lowest BCUT2D eigenvalue weighted by Gasteiger charge is -2.29. The molecule has 0 aromatic carbocycles. The molecule has 0 aliphatic heterocycles. The summed E-state index contributed by atoms with van der Waals surface area (Å²) in [5, 5.41) is 4.77. The van der Waals surface area contributed by atoms with Crippen LogP contribution in [-0.2, 0) is 4.79 Å². The SMILES string of the molecule is CCCC(CC)N(C)c1nc(C(=O)NCC)ccc1C.FC(F)F.O=CNc1ncc(F)cc1F. The van der Waals surface area contributed by atoms with Gasteiger partial charge in [-0.25, -0.2) is 18.7 Å². The van der Waals surface area contributed by atoms with Gasteiger partial charge in [-0.2, -0.15) is 13.2 Å². The van der Waals surface area contributed by atoms with Crippen molar-refractivity contribution in [2.75, 3.05) is 23.8 Å². The summed E-state index contributed by atoms with van der Waals surface area (Å²) in [7, 11) is 2.07. The number of aryl methyl sites for hydroxylation is 1. The first-order valence-corrected chi connectivity index (χ1v) is 10.9. The molecule has 2 N–H and O–H groups in total. The van der Waals surface area contributed by atoms with Gasteiger partial charge in [0.2, 0.25) is 6.41 Å². The Balaban J connectivity index is 0.000000642. The summed E-state index contributed by atoms with van der Waals surface area (Å²) in [5.74, 6) is -1.14. The minimum Gasteiger partial charge on any atom is -0.356 e. The van der Waals surface area contributed by atoms with Crippen molar-refractivity contribution in [3.63, 3.8) is 0 Å². The van der Waals surface area contributed by atoms with Gasteiger partial charge < -0.3 is 15.5 Å². The van der Waals surface area contributed by atoms with Crippen LogP contribution in [0, 0.1) is 18.6 Å². The maximum absolute atomic E-state index is 12.5. The average molecular weight is 506 g/mol. The van der Waals surface area contributed by atoms with Crippen molar-refractivity contribution >= 4 is 24.0 Å². The normalized spacial score (nSPS) is 10.8. The zero-order chi connectivity index (χ0) is 27.0. The van der Waals surface area contributed by atoms with Gasteiger partial charge in [0.05, 0.1) is 6.20 Å². The zero-order valence-electron chi connectivity index (χ0n) is 20.4. The highest BCUT2D eigenvalue weighted by Gasteiger charge is 2.17. The van der Waals surface area contributed by atoms with E-state index >= 15 is 0 Å². The molecule has 2 heterocycles. The van der Waals surface area contributed by atoms with E-state index in [1.807, 2.05) is 25.2 Å². The van der Waals surface area contributed by atoms with E-state index in [1.165, 1.54) is 0 Å². The summed E-state index contributed by atoms with van der Waals surface area (Å²) in [6.07, 6.45) is 4.45. The second kappa shape index (κ2) is 17.2. The molecule has 0 radical (unpaired) electrons. The molecule has 0 saturated heterocycles. The number of halogens is 5. The number of rotatable bonds is 9. The van der Waals surface area contributed by atoms with Crippen molar-refractivity contribution in [3.05, 3.63) is 47.3 Å². The monoisotopic (exact) mass is 505 g/mol. The Morgan fingerprint density at radius 2 is 1.80 bits per heavy atom. The van der Waals surface area contributed by atoms with Crippen LogP contribution in [0.2, 0.25) is 0 Å². The molecule has 2 rings (SSSR count). The topological polar surface area (TPSA) is 87.2 Å². The molecule has 1 unspecified atom stereocenters. The Hall–Kier alpha value is -3.31. The van der Waals surface area contributed by atoms with Crippen molar-refractivity contribution in [3.8, 4) is 0 Å². The summed E-state index contributed by atoms with van der Waals surface area (Å²) in [6, 6.07) is 4.87. The molecular formula is C23H32F5N5O2. The van der Waals surface area contributed by atoms with Crippen molar-refractivity contribution in [2.45, 2.75) is 59.7 Å². The lowest BCUT2D eigenvalue weighted by molar-refractivity contribution is -0.105. The molecule has 0 fully saturated rings. The fraction of sp³-hybridized carbons (Fsp3) is 0.478. The van der Waals surface area contributed by atoms with Crippen molar-refractivity contribution < 1.29 is 31.5 Å². The Labute approximate surface area is 202 Å². The standard InChI is InChI=1S/C16H27N3O.C6H4F2N2O.CHF3/c1-6-9-13(7-2)19(5)15-12(4)10-11-14(18-15)16(20)17-8-3;7-4-1-5(8)6(9-2-4)10-3-11;2-1(3)4/h10-11,13H,6-9H2,1-5H3,(H,17,20);1-3H,(H,9,10,11);1H. The first-order chi connectivity index (χ1) is 16.5. The predicted molar refractivity (Wildman–Crippen MR) is 125 cm³/mol. The molecule has 7 nitrogen and oxygen atoms in total. The van der Waals surface area contributed by atoms with Gasteiger partial charge in [-0.3, -0.25) is 9.59 Å². The van der Waals surface area contributed by atoms with Gasteiger partial charge in [0, 0.05) is 25.7 Å². The van der Waals surface area contributed by atoms with Crippen molar-refractivity contribution in [1.29, 1.82) is 0 Å². The molecule has 0 aliphatic carbocycles. The minimum atomic E-state index is -3.67. The lowest BCUT2D eigenvalue weighted by Crippen LogP contribution is -2.33. The van der Waals surface area contributed by atoms with E-state index in [-0.39, 0.29) is 18.1 Å². The van der Waals surface area contributed by atoms with Crippen LogP contribution in [0.1, 0.15) is 56.1 Å². The van der Waals surface area contributed by atoms with Crippen LogP contribution in [0.25, 0.3) is 0 Å². The predicted octanol–water partition coefficient (Wildman–Crippen LogP) is 5.26. The first kappa shape index (κ1) is 31.7. The molecule has 2 aromatic heterocycles. The van der Waals surface area contributed by atoms with Crippen LogP contribution < -0.4 is 15.5 Å².